The van der Waals surface area contributed by atoms with Crippen molar-refractivity contribution in [2.75, 3.05) is 27.2 Å². The number of amides is 1. The monoisotopic (exact) mass is 379 g/mol. The molecule has 0 fully saturated rings. The maximum atomic E-state index is 12.9. The Morgan fingerprint density at radius 2 is 1.85 bits per heavy atom. The summed E-state index contributed by atoms with van der Waals surface area (Å²) in [5.41, 5.74) is 0.584. The molecular weight excluding hydrogens is 355 g/mol. The lowest BCUT2D eigenvalue weighted by atomic mass is 10.1. The average Bonchev–Trinajstić information content (AvgIpc) is 2.63. The predicted octanol–water partition coefficient (Wildman–Crippen LogP) is 3.62. The fourth-order valence-corrected chi connectivity index (χ4v) is 2.62. The van der Waals surface area contributed by atoms with E-state index in [1.165, 1.54) is 6.07 Å². The Morgan fingerprint density at radius 1 is 1.07 bits per heavy atom. The molecule has 0 bridgehead atoms. The van der Waals surface area contributed by atoms with E-state index in [0.29, 0.717) is 25.1 Å². The molecule has 2 aromatic rings. The van der Waals surface area contributed by atoms with Gasteiger partial charge in [-0.05, 0) is 50.3 Å². The first-order valence-corrected chi connectivity index (χ1v) is 8.74. The van der Waals surface area contributed by atoms with Crippen LogP contribution in [0.15, 0.2) is 48.7 Å². The third kappa shape index (κ3) is 7.02. The minimum Gasteiger partial charge on any atom is -0.337 e. The number of halogens is 3. The quantitative estimate of drug-likeness (QED) is 0.703. The fourth-order valence-electron chi connectivity index (χ4n) is 2.62. The summed E-state index contributed by atoms with van der Waals surface area (Å²) < 4.78 is 38.8. The lowest BCUT2D eigenvalue weighted by Crippen LogP contribution is -2.36. The Kier molecular flexibility index (Phi) is 7.36. The highest BCUT2D eigenvalue weighted by Gasteiger charge is 2.30. The highest BCUT2D eigenvalue weighted by molar-refractivity contribution is 5.76. The van der Waals surface area contributed by atoms with Crippen LogP contribution in [0.3, 0.4) is 0 Å². The van der Waals surface area contributed by atoms with Gasteiger partial charge in [-0.15, -0.1) is 0 Å². The number of aromatic nitrogens is 1. The van der Waals surface area contributed by atoms with Gasteiger partial charge in [0, 0.05) is 37.9 Å². The lowest BCUT2D eigenvalue weighted by molar-refractivity contribution is -0.137. The second-order valence-corrected chi connectivity index (χ2v) is 6.64. The van der Waals surface area contributed by atoms with Gasteiger partial charge >= 0.3 is 6.18 Å². The van der Waals surface area contributed by atoms with Gasteiger partial charge in [-0.2, -0.15) is 13.2 Å². The molecule has 0 aliphatic rings. The molecule has 1 amide bonds. The zero-order chi connectivity index (χ0) is 19.9. The van der Waals surface area contributed by atoms with Crippen molar-refractivity contribution in [2.24, 2.45) is 0 Å². The first kappa shape index (κ1) is 20.9. The molecule has 0 atom stereocenters. The first-order valence-electron chi connectivity index (χ1n) is 8.74. The Balaban J connectivity index is 2.08. The molecule has 2 rings (SSSR count). The molecule has 0 N–H and O–H groups in total. The summed E-state index contributed by atoms with van der Waals surface area (Å²) >= 11 is 0. The van der Waals surface area contributed by atoms with Gasteiger partial charge in [0.05, 0.1) is 5.56 Å². The van der Waals surface area contributed by atoms with E-state index in [9.17, 15) is 18.0 Å². The molecule has 0 spiro atoms. The van der Waals surface area contributed by atoms with E-state index < -0.39 is 11.7 Å². The standard InChI is InChI=1S/C20H24F3N3O/c1-25(2)12-13-26(19(27)10-9-18-8-3-4-11-24-18)15-16-6-5-7-17(14-16)20(21,22)23/h3-8,11,14H,9-10,12-13,15H2,1-2H3. The third-order valence-corrected chi connectivity index (χ3v) is 4.12. The molecule has 0 aliphatic carbocycles. The number of pyridine rings is 1. The summed E-state index contributed by atoms with van der Waals surface area (Å²) in [5.74, 6) is -0.0973. The van der Waals surface area contributed by atoms with Crippen molar-refractivity contribution in [3.8, 4) is 0 Å². The van der Waals surface area contributed by atoms with E-state index >= 15 is 0 Å². The third-order valence-electron chi connectivity index (χ3n) is 4.12. The van der Waals surface area contributed by atoms with Crippen molar-refractivity contribution >= 4 is 5.91 Å². The van der Waals surface area contributed by atoms with Crippen LogP contribution in [0.25, 0.3) is 0 Å². The minimum absolute atomic E-state index is 0.0973. The molecule has 4 nitrogen and oxygen atoms in total. The number of carbonyl (C=O) groups is 1. The van der Waals surface area contributed by atoms with Crippen LogP contribution in [0.2, 0.25) is 0 Å². The molecule has 27 heavy (non-hydrogen) atoms. The van der Waals surface area contributed by atoms with E-state index in [1.807, 2.05) is 37.2 Å². The van der Waals surface area contributed by atoms with Crippen molar-refractivity contribution in [2.45, 2.75) is 25.6 Å². The van der Waals surface area contributed by atoms with Crippen LogP contribution >= 0.6 is 0 Å². The molecule has 0 unspecified atom stereocenters. The van der Waals surface area contributed by atoms with Crippen molar-refractivity contribution in [1.29, 1.82) is 0 Å². The van der Waals surface area contributed by atoms with Gasteiger partial charge in [-0.1, -0.05) is 18.2 Å². The van der Waals surface area contributed by atoms with Crippen LogP contribution in [0.4, 0.5) is 13.2 Å². The van der Waals surface area contributed by atoms with Gasteiger partial charge in [0.25, 0.3) is 0 Å². The number of nitrogens with zero attached hydrogens (tertiary/aromatic N) is 3. The second-order valence-electron chi connectivity index (χ2n) is 6.64. The predicted molar refractivity (Wildman–Crippen MR) is 98.0 cm³/mol. The summed E-state index contributed by atoms with van der Waals surface area (Å²) in [6, 6.07) is 10.7. The number of rotatable bonds is 8. The minimum atomic E-state index is -4.40. The Labute approximate surface area is 157 Å². The number of hydrogen-bond donors (Lipinski definition) is 0. The number of aryl methyl sites for hydroxylation is 1. The summed E-state index contributed by atoms with van der Waals surface area (Å²) in [6.45, 7) is 1.23. The lowest BCUT2D eigenvalue weighted by Gasteiger charge is -2.25. The van der Waals surface area contributed by atoms with Crippen molar-refractivity contribution in [3.63, 3.8) is 0 Å². The maximum absolute atomic E-state index is 12.9. The first-order chi connectivity index (χ1) is 12.8. The smallest absolute Gasteiger partial charge is 0.337 e. The molecule has 0 saturated heterocycles. The van der Waals surface area contributed by atoms with E-state index in [1.54, 1.807) is 17.2 Å². The zero-order valence-corrected chi connectivity index (χ0v) is 15.5. The molecule has 0 aliphatic heterocycles. The topological polar surface area (TPSA) is 36.4 Å². The zero-order valence-electron chi connectivity index (χ0n) is 15.5. The second kappa shape index (κ2) is 9.50. The van der Waals surface area contributed by atoms with Gasteiger partial charge in [0.2, 0.25) is 5.91 Å². The Morgan fingerprint density at radius 3 is 2.48 bits per heavy atom. The number of alkyl halides is 3. The van der Waals surface area contributed by atoms with Crippen molar-refractivity contribution < 1.29 is 18.0 Å². The van der Waals surface area contributed by atoms with E-state index in [4.69, 9.17) is 0 Å². The molecule has 1 aromatic heterocycles. The molecule has 7 heteroatoms. The average molecular weight is 379 g/mol. The van der Waals surface area contributed by atoms with E-state index in [0.717, 1.165) is 17.8 Å². The highest BCUT2D eigenvalue weighted by atomic mass is 19.4. The summed E-state index contributed by atoms with van der Waals surface area (Å²) in [6.07, 6.45) is -1.95. The Bertz CT molecular complexity index is 733. The van der Waals surface area contributed by atoms with E-state index in [-0.39, 0.29) is 18.9 Å². The van der Waals surface area contributed by atoms with Crippen LogP contribution in [0, 0.1) is 0 Å². The largest absolute Gasteiger partial charge is 0.416 e. The molecule has 0 saturated carbocycles. The molecule has 146 valence electrons. The van der Waals surface area contributed by atoms with Crippen LogP contribution < -0.4 is 0 Å². The molecular formula is C20H24F3N3O. The SMILES string of the molecule is CN(C)CCN(Cc1cccc(C(F)(F)F)c1)C(=O)CCc1ccccn1. The number of carbonyl (C=O) groups excluding carboxylic acids is 1. The van der Waals surface area contributed by atoms with Gasteiger partial charge in [0.15, 0.2) is 0 Å². The number of hydrogen-bond acceptors (Lipinski definition) is 3. The summed E-state index contributed by atoms with van der Waals surface area (Å²) in [5, 5.41) is 0. The van der Waals surface area contributed by atoms with Gasteiger partial charge in [0.1, 0.15) is 0 Å². The van der Waals surface area contributed by atoms with Crippen molar-refractivity contribution in [1.82, 2.24) is 14.8 Å². The number of likely N-dealkylation sites (N-methyl/N-ethyl adjacent to an activating group) is 1. The maximum Gasteiger partial charge on any atom is 0.416 e. The van der Waals surface area contributed by atoms with Crippen molar-refractivity contribution in [3.05, 3.63) is 65.5 Å². The van der Waals surface area contributed by atoms with Gasteiger partial charge in [-0.3, -0.25) is 9.78 Å². The number of benzene rings is 1. The molecule has 0 radical (unpaired) electrons. The van der Waals surface area contributed by atoms with E-state index in [2.05, 4.69) is 4.98 Å². The van der Waals surface area contributed by atoms with Gasteiger partial charge in [-0.25, -0.2) is 0 Å². The van der Waals surface area contributed by atoms with Crippen LogP contribution in [0.5, 0.6) is 0 Å². The van der Waals surface area contributed by atoms with Gasteiger partial charge < -0.3 is 9.80 Å². The summed E-state index contributed by atoms with van der Waals surface area (Å²) in [4.78, 5) is 20.4. The Hall–Kier alpha value is -2.41. The van der Waals surface area contributed by atoms with Crippen LogP contribution in [-0.4, -0.2) is 47.9 Å². The fraction of sp³-hybridized carbons (Fsp3) is 0.400. The summed E-state index contributed by atoms with van der Waals surface area (Å²) in [7, 11) is 3.78. The molecule has 1 heterocycles. The highest BCUT2D eigenvalue weighted by Crippen LogP contribution is 2.29. The van der Waals surface area contributed by atoms with Crippen LogP contribution in [-0.2, 0) is 23.9 Å². The molecule has 1 aromatic carbocycles. The van der Waals surface area contributed by atoms with Crippen LogP contribution in [0.1, 0.15) is 23.2 Å². The normalized spacial score (nSPS) is 11.6.